The highest BCUT2D eigenvalue weighted by Gasteiger charge is 2.31. The van der Waals surface area contributed by atoms with Crippen LogP contribution in [-0.4, -0.2) is 8.42 Å². The van der Waals surface area contributed by atoms with Crippen LogP contribution in [0.15, 0.2) is 42.8 Å². The van der Waals surface area contributed by atoms with Crippen LogP contribution in [-0.2, 0) is 16.2 Å². The van der Waals surface area contributed by atoms with Crippen molar-refractivity contribution >= 4 is 58.9 Å². The average molecular weight is 465 g/mol. The van der Waals surface area contributed by atoms with Gasteiger partial charge in [0.05, 0.1) is 11.3 Å². The van der Waals surface area contributed by atoms with E-state index in [1.54, 1.807) is 11.4 Å². The second-order valence-corrected chi connectivity index (χ2v) is 8.36. The Labute approximate surface area is 139 Å². The summed E-state index contributed by atoms with van der Waals surface area (Å²) in [5, 5.41) is 1.56. The Kier molecular flexibility index (Phi) is 4.72. The van der Waals surface area contributed by atoms with Gasteiger partial charge in [-0.15, -0.1) is 11.3 Å². The van der Waals surface area contributed by atoms with E-state index in [0.717, 1.165) is 29.5 Å². The van der Waals surface area contributed by atoms with Crippen molar-refractivity contribution < 1.29 is 21.6 Å². The minimum absolute atomic E-state index is 0.00758. The van der Waals surface area contributed by atoms with E-state index in [-0.39, 0.29) is 14.4 Å². The summed E-state index contributed by atoms with van der Waals surface area (Å²) in [5.74, 6) is 0. The van der Waals surface area contributed by atoms with Crippen LogP contribution in [0.2, 0.25) is 0 Å². The van der Waals surface area contributed by atoms with E-state index >= 15 is 0 Å². The molecule has 1 aromatic carbocycles. The standard InChI is InChI=1S/C11H6Br2F3NO2S2/c12-7-2-1-6(11(14,15)16)5-9(7)17-21(18,19)10-8(13)3-4-20-10/h1-5,17H. The molecule has 2 rings (SSSR count). The van der Waals surface area contributed by atoms with E-state index in [1.807, 2.05) is 0 Å². The quantitative estimate of drug-likeness (QED) is 0.687. The first kappa shape index (κ1) is 16.8. The normalized spacial score (nSPS) is 12.4. The summed E-state index contributed by atoms with van der Waals surface area (Å²) in [5.41, 5.74) is -1.11. The van der Waals surface area contributed by atoms with Crippen LogP contribution >= 0.6 is 43.2 Å². The van der Waals surface area contributed by atoms with E-state index in [4.69, 9.17) is 0 Å². The lowest BCUT2D eigenvalue weighted by atomic mass is 10.2. The largest absolute Gasteiger partial charge is 0.416 e. The lowest BCUT2D eigenvalue weighted by Crippen LogP contribution is -2.13. The lowest BCUT2D eigenvalue weighted by Gasteiger charge is -2.12. The van der Waals surface area contributed by atoms with Crippen molar-refractivity contribution in [2.75, 3.05) is 4.72 Å². The van der Waals surface area contributed by atoms with Gasteiger partial charge in [-0.3, -0.25) is 4.72 Å². The smallest absolute Gasteiger partial charge is 0.278 e. The molecule has 10 heteroatoms. The van der Waals surface area contributed by atoms with Gasteiger partial charge in [-0.2, -0.15) is 13.2 Å². The number of sulfonamides is 1. The molecule has 0 aliphatic heterocycles. The van der Waals surface area contributed by atoms with Crippen molar-refractivity contribution in [3.8, 4) is 0 Å². The van der Waals surface area contributed by atoms with E-state index in [2.05, 4.69) is 36.6 Å². The second kappa shape index (κ2) is 5.90. The number of benzene rings is 1. The van der Waals surface area contributed by atoms with Gasteiger partial charge in [0, 0.05) is 8.95 Å². The van der Waals surface area contributed by atoms with Gasteiger partial charge in [-0.25, -0.2) is 8.42 Å². The molecule has 0 saturated carbocycles. The Morgan fingerprint density at radius 2 is 1.76 bits per heavy atom. The van der Waals surface area contributed by atoms with Crippen LogP contribution in [0.3, 0.4) is 0 Å². The molecule has 0 aliphatic carbocycles. The summed E-state index contributed by atoms with van der Waals surface area (Å²) >= 11 is 7.07. The molecular formula is C11H6Br2F3NO2S2. The molecule has 0 saturated heterocycles. The van der Waals surface area contributed by atoms with Crippen LogP contribution in [0.5, 0.6) is 0 Å². The SMILES string of the molecule is O=S(=O)(Nc1cc(C(F)(F)F)ccc1Br)c1sccc1Br. The number of thiophene rings is 1. The summed E-state index contributed by atoms with van der Waals surface area (Å²) < 4.78 is 65.0. The van der Waals surface area contributed by atoms with Crippen LogP contribution in [0, 0.1) is 0 Å². The van der Waals surface area contributed by atoms with Gasteiger partial charge >= 0.3 is 6.18 Å². The molecule has 0 spiro atoms. The van der Waals surface area contributed by atoms with Crippen molar-refractivity contribution in [3.05, 3.63) is 44.2 Å². The monoisotopic (exact) mass is 463 g/mol. The van der Waals surface area contributed by atoms with E-state index < -0.39 is 21.8 Å². The number of rotatable bonds is 3. The van der Waals surface area contributed by atoms with Gasteiger partial charge in [0.2, 0.25) is 0 Å². The summed E-state index contributed by atoms with van der Waals surface area (Å²) in [6.45, 7) is 0. The summed E-state index contributed by atoms with van der Waals surface area (Å²) in [6, 6.07) is 4.29. The average Bonchev–Trinajstić information content (AvgIpc) is 2.77. The summed E-state index contributed by atoms with van der Waals surface area (Å²) in [6.07, 6.45) is -4.55. The molecular weight excluding hydrogens is 459 g/mol. The zero-order chi connectivity index (χ0) is 15.8. The number of alkyl halides is 3. The Balaban J connectivity index is 2.42. The molecule has 2 aromatic rings. The minimum atomic E-state index is -4.55. The molecule has 3 nitrogen and oxygen atoms in total. The summed E-state index contributed by atoms with van der Waals surface area (Å²) in [4.78, 5) is 0. The minimum Gasteiger partial charge on any atom is -0.278 e. The molecule has 114 valence electrons. The van der Waals surface area contributed by atoms with Crippen molar-refractivity contribution in [1.82, 2.24) is 0 Å². The maximum Gasteiger partial charge on any atom is 0.416 e. The molecule has 1 aromatic heterocycles. The first-order valence-corrected chi connectivity index (χ1v) is 9.19. The maximum absolute atomic E-state index is 12.7. The molecule has 1 N–H and O–H groups in total. The Morgan fingerprint density at radius 3 is 2.29 bits per heavy atom. The fourth-order valence-electron chi connectivity index (χ4n) is 1.44. The highest BCUT2D eigenvalue weighted by atomic mass is 79.9. The third-order valence-electron chi connectivity index (χ3n) is 2.37. The van der Waals surface area contributed by atoms with Crippen molar-refractivity contribution in [2.24, 2.45) is 0 Å². The van der Waals surface area contributed by atoms with Gasteiger partial charge < -0.3 is 0 Å². The highest BCUT2D eigenvalue weighted by Crippen LogP contribution is 2.36. The van der Waals surface area contributed by atoms with E-state index in [1.165, 1.54) is 0 Å². The highest BCUT2D eigenvalue weighted by molar-refractivity contribution is 9.11. The molecule has 21 heavy (non-hydrogen) atoms. The number of halogens is 5. The third-order valence-corrected chi connectivity index (χ3v) is 7.09. The molecule has 0 radical (unpaired) electrons. The molecule has 0 aliphatic rings. The number of hydrogen-bond acceptors (Lipinski definition) is 3. The fraction of sp³-hybridized carbons (Fsp3) is 0.0909. The Bertz CT molecular complexity index is 772. The van der Waals surface area contributed by atoms with Crippen molar-refractivity contribution in [1.29, 1.82) is 0 Å². The molecule has 0 fully saturated rings. The van der Waals surface area contributed by atoms with E-state index in [9.17, 15) is 21.6 Å². The molecule has 1 heterocycles. The van der Waals surface area contributed by atoms with Crippen LogP contribution in [0.1, 0.15) is 5.56 Å². The predicted molar refractivity (Wildman–Crippen MR) is 82.0 cm³/mol. The maximum atomic E-state index is 12.7. The number of anilines is 1. The van der Waals surface area contributed by atoms with Gasteiger partial charge in [0.1, 0.15) is 0 Å². The van der Waals surface area contributed by atoms with Gasteiger partial charge in [0.25, 0.3) is 10.0 Å². The Hall–Kier alpha value is -0.580. The van der Waals surface area contributed by atoms with E-state index in [0.29, 0.717) is 4.47 Å². The van der Waals surface area contributed by atoms with Crippen molar-refractivity contribution in [3.63, 3.8) is 0 Å². The van der Waals surface area contributed by atoms with Crippen LogP contribution in [0.4, 0.5) is 18.9 Å². The second-order valence-electron chi connectivity index (χ2n) is 3.85. The molecule has 0 unspecified atom stereocenters. The zero-order valence-electron chi connectivity index (χ0n) is 9.91. The van der Waals surface area contributed by atoms with Crippen LogP contribution in [0.25, 0.3) is 0 Å². The zero-order valence-corrected chi connectivity index (χ0v) is 14.7. The first-order chi connectivity index (χ1) is 9.61. The number of nitrogens with one attached hydrogen (secondary N) is 1. The summed E-state index contributed by atoms with van der Waals surface area (Å²) in [7, 11) is -3.96. The topological polar surface area (TPSA) is 46.2 Å². The fourth-order valence-corrected chi connectivity index (χ4v) is 5.33. The lowest BCUT2D eigenvalue weighted by molar-refractivity contribution is -0.137. The van der Waals surface area contributed by atoms with Gasteiger partial charge in [0.15, 0.2) is 4.21 Å². The van der Waals surface area contributed by atoms with Crippen LogP contribution < -0.4 is 4.72 Å². The first-order valence-electron chi connectivity index (χ1n) is 5.24. The number of hydrogen-bond donors (Lipinski definition) is 1. The predicted octanol–water partition coefficient (Wildman–Crippen LogP) is 5.09. The third kappa shape index (κ3) is 3.79. The molecule has 0 amide bonds. The van der Waals surface area contributed by atoms with Gasteiger partial charge in [-0.05, 0) is 61.5 Å². The van der Waals surface area contributed by atoms with Crippen molar-refractivity contribution in [2.45, 2.75) is 10.4 Å². The van der Waals surface area contributed by atoms with Gasteiger partial charge in [-0.1, -0.05) is 0 Å². The molecule has 0 atom stereocenters. The molecule has 0 bridgehead atoms. The Morgan fingerprint density at radius 1 is 1.10 bits per heavy atom.